The highest BCUT2D eigenvalue weighted by molar-refractivity contribution is 5.94. The Bertz CT molecular complexity index is 1280. The molecule has 4 aromatic rings. The van der Waals surface area contributed by atoms with Crippen molar-refractivity contribution in [1.82, 2.24) is 20.1 Å². The lowest BCUT2D eigenvalue weighted by Gasteiger charge is -2.20. The summed E-state index contributed by atoms with van der Waals surface area (Å²) in [5, 5.41) is 16.6. The normalized spacial score (nSPS) is 12.0. The zero-order valence-corrected chi connectivity index (χ0v) is 18.0. The quantitative estimate of drug-likeness (QED) is 0.355. The van der Waals surface area contributed by atoms with E-state index in [9.17, 15) is 9.18 Å². The van der Waals surface area contributed by atoms with Gasteiger partial charge in [-0.3, -0.25) is 4.79 Å². The van der Waals surface area contributed by atoms with Crippen LogP contribution in [0.4, 0.5) is 10.2 Å². The van der Waals surface area contributed by atoms with Gasteiger partial charge in [0.15, 0.2) is 11.6 Å². The van der Waals surface area contributed by atoms with Gasteiger partial charge in [0, 0.05) is 42.1 Å². The number of aromatic nitrogens is 3. The summed E-state index contributed by atoms with van der Waals surface area (Å²) < 4.78 is 21.5. The Balaban J connectivity index is 1.68. The lowest BCUT2D eigenvalue weighted by atomic mass is 10.0. The highest BCUT2D eigenvalue weighted by atomic mass is 19.1. The van der Waals surface area contributed by atoms with Gasteiger partial charge < -0.3 is 20.9 Å². The SMILES string of the molecule is C[C@H](Oc1cc2cc(F)ccc2nc1N)c1cc(C(=O)NCCCO)ccc1-n1cccn1. The van der Waals surface area contributed by atoms with E-state index in [4.69, 9.17) is 15.6 Å². The number of halogens is 1. The number of fused-ring (bicyclic) bond motifs is 1. The summed E-state index contributed by atoms with van der Waals surface area (Å²) in [7, 11) is 0. The molecule has 4 rings (SSSR count). The highest BCUT2D eigenvalue weighted by Crippen LogP contribution is 2.32. The van der Waals surface area contributed by atoms with Gasteiger partial charge in [-0.1, -0.05) is 0 Å². The Morgan fingerprint density at radius 1 is 1.27 bits per heavy atom. The van der Waals surface area contributed by atoms with Gasteiger partial charge >= 0.3 is 0 Å². The first kappa shape index (κ1) is 22.2. The molecule has 8 nitrogen and oxygen atoms in total. The van der Waals surface area contributed by atoms with E-state index in [1.807, 2.05) is 6.92 Å². The number of aliphatic hydroxyl groups is 1. The van der Waals surface area contributed by atoms with E-state index in [2.05, 4.69) is 15.4 Å². The van der Waals surface area contributed by atoms with Gasteiger partial charge in [0.25, 0.3) is 5.91 Å². The van der Waals surface area contributed by atoms with E-state index in [1.165, 1.54) is 12.1 Å². The molecule has 0 radical (unpaired) electrons. The molecular weight excluding hydrogens is 425 g/mol. The number of hydrogen-bond acceptors (Lipinski definition) is 6. The van der Waals surface area contributed by atoms with Crippen molar-refractivity contribution in [3.05, 3.63) is 77.9 Å². The van der Waals surface area contributed by atoms with Crippen molar-refractivity contribution in [1.29, 1.82) is 0 Å². The molecule has 2 heterocycles. The number of nitrogens with one attached hydrogen (secondary N) is 1. The van der Waals surface area contributed by atoms with Crippen LogP contribution in [0.3, 0.4) is 0 Å². The number of carbonyl (C=O) groups excluding carboxylic acids is 1. The molecule has 0 aliphatic rings. The van der Waals surface area contributed by atoms with Gasteiger partial charge in [-0.15, -0.1) is 0 Å². The lowest BCUT2D eigenvalue weighted by molar-refractivity contribution is 0.0951. The summed E-state index contributed by atoms with van der Waals surface area (Å²) in [6.45, 7) is 2.19. The molecule has 2 aromatic carbocycles. The Morgan fingerprint density at radius 2 is 2.12 bits per heavy atom. The minimum absolute atomic E-state index is 0.000242. The molecule has 9 heteroatoms. The number of amides is 1. The average molecular weight is 449 g/mol. The van der Waals surface area contributed by atoms with Crippen molar-refractivity contribution in [2.24, 2.45) is 0 Å². The fraction of sp³-hybridized carbons (Fsp3) is 0.208. The van der Waals surface area contributed by atoms with Gasteiger partial charge in [0.1, 0.15) is 11.9 Å². The molecule has 0 spiro atoms. The summed E-state index contributed by atoms with van der Waals surface area (Å²) in [5.41, 5.74) is 8.54. The molecule has 0 unspecified atom stereocenters. The number of ether oxygens (including phenoxy) is 1. The number of hydrogen-bond donors (Lipinski definition) is 3. The number of anilines is 1. The van der Waals surface area contributed by atoms with E-state index in [0.717, 1.165) is 5.69 Å². The largest absolute Gasteiger partial charge is 0.482 e. The second kappa shape index (κ2) is 9.66. The minimum Gasteiger partial charge on any atom is -0.482 e. The number of rotatable bonds is 8. The number of nitrogens with zero attached hydrogens (tertiary/aromatic N) is 3. The van der Waals surface area contributed by atoms with Crippen LogP contribution in [-0.2, 0) is 0 Å². The third-order valence-corrected chi connectivity index (χ3v) is 5.17. The van der Waals surface area contributed by atoms with E-state index in [0.29, 0.717) is 40.7 Å². The molecule has 1 atom stereocenters. The summed E-state index contributed by atoms with van der Waals surface area (Å²) in [5.74, 6) is -0.149. The maximum atomic E-state index is 13.7. The molecule has 1 amide bonds. The summed E-state index contributed by atoms with van der Waals surface area (Å²) in [6.07, 6.45) is 3.38. The predicted octanol–water partition coefficient (Wildman–Crippen LogP) is 3.39. The molecule has 0 aliphatic carbocycles. The minimum atomic E-state index is -0.537. The Morgan fingerprint density at radius 3 is 2.88 bits per heavy atom. The summed E-state index contributed by atoms with van der Waals surface area (Å²) in [6, 6.07) is 12.9. The van der Waals surface area contributed by atoms with E-state index in [1.54, 1.807) is 53.5 Å². The smallest absolute Gasteiger partial charge is 0.251 e. The first-order valence-electron chi connectivity index (χ1n) is 10.5. The van der Waals surface area contributed by atoms with Crippen LogP contribution in [0, 0.1) is 5.82 Å². The first-order chi connectivity index (χ1) is 16.0. The lowest BCUT2D eigenvalue weighted by Crippen LogP contribution is -2.25. The maximum absolute atomic E-state index is 13.7. The predicted molar refractivity (Wildman–Crippen MR) is 123 cm³/mol. The van der Waals surface area contributed by atoms with Crippen molar-refractivity contribution >= 4 is 22.6 Å². The average Bonchev–Trinajstić information content (AvgIpc) is 3.34. The number of carbonyl (C=O) groups is 1. The van der Waals surface area contributed by atoms with Crippen LogP contribution in [0.15, 0.2) is 60.9 Å². The molecule has 0 saturated heterocycles. The molecule has 170 valence electrons. The number of nitrogen functional groups attached to an aromatic ring is 1. The summed E-state index contributed by atoms with van der Waals surface area (Å²) in [4.78, 5) is 16.9. The first-order valence-corrected chi connectivity index (χ1v) is 10.5. The second-order valence-corrected chi connectivity index (χ2v) is 7.53. The number of pyridine rings is 1. The topological polar surface area (TPSA) is 115 Å². The van der Waals surface area contributed by atoms with Gasteiger partial charge in [0.05, 0.1) is 11.2 Å². The molecule has 0 bridgehead atoms. The maximum Gasteiger partial charge on any atom is 0.251 e. The van der Waals surface area contributed by atoms with Crippen molar-refractivity contribution in [2.75, 3.05) is 18.9 Å². The van der Waals surface area contributed by atoms with E-state index in [-0.39, 0.29) is 24.1 Å². The molecule has 0 fully saturated rings. The van der Waals surface area contributed by atoms with Crippen LogP contribution in [0.5, 0.6) is 5.75 Å². The zero-order chi connectivity index (χ0) is 23.4. The fourth-order valence-corrected chi connectivity index (χ4v) is 3.52. The third-order valence-electron chi connectivity index (χ3n) is 5.17. The van der Waals surface area contributed by atoms with Crippen LogP contribution in [-0.4, -0.2) is 38.9 Å². The van der Waals surface area contributed by atoms with Gasteiger partial charge in [-0.2, -0.15) is 5.10 Å². The van der Waals surface area contributed by atoms with Crippen molar-refractivity contribution in [3.8, 4) is 11.4 Å². The summed E-state index contributed by atoms with van der Waals surface area (Å²) >= 11 is 0. The Labute approximate surface area is 189 Å². The molecule has 0 saturated carbocycles. The standard InChI is InChI=1S/C24H24FN5O3/c1-15(33-22-14-17-12-18(25)5-6-20(17)29-23(22)26)19-13-16(24(32)27-8-3-11-31)4-7-21(19)30-10-2-9-28-30/h2,4-7,9-10,12-15,31H,3,8,11H2,1H3,(H2,26,29)(H,27,32)/t15-/m0/s1. The molecule has 33 heavy (non-hydrogen) atoms. The fourth-order valence-electron chi connectivity index (χ4n) is 3.52. The zero-order valence-electron chi connectivity index (χ0n) is 18.0. The number of nitrogens with two attached hydrogens (primary N) is 1. The third kappa shape index (κ3) is 4.93. The van der Waals surface area contributed by atoms with Crippen molar-refractivity contribution in [3.63, 3.8) is 0 Å². The van der Waals surface area contributed by atoms with Gasteiger partial charge in [-0.25, -0.2) is 14.1 Å². The second-order valence-electron chi connectivity index (χ2n) is 7.53. The van der Waals surface area contributed by atoms with Crippen LogP contribution < -0.4 is 15.8 Å². The van der Waals surface area contributed by atoms with E-state index >= 15 is 0 Å². The van der Waals surface area contributed by atoms with Gasteiger partial charge in [-0.05, 0) is 61.9 Å². The molecule has 0 aliphatic heterocycles. The van der Waals surface area contributed by atoms with Crippen LogP contribution >= 0.6 is 0 Å². The van der Waals surface area contributed by atoms with Crippen LogP contribution in [0.25, 0.3) is 16.6 Å². The molecular formula is C24H24FN5O3. The Kier molecular flexibility index (Phi) is 6.50. The number of aliphatic hydroxyl groups excluding tert-OH is 1. The van der Waals surface area contributed by atoms with E-state index < -0.39 is 6.10 Å². The van der Waals surface area contributed by atoms with Crippen molar-refractivity contribution < 1.29 is 19.0 Å². The highest BCUT2D eigenvalue weighted by Gasteiger charge is 2.19. The monoisotopic (exact) mass is 449 g/mol. The van der Waals surface area contributed by atoms with Gasteiger partial charge in [0.2, 0.25) is 0 Å². The van der Waals surface area contributed by atoms with Crippen LogP contribution in [0.1, 0.15) is 35.4 Å². The number of benzene rings is 2. The molecule has 4 N–H and O–H groups in total. The van der Waals surface area contributed by atoms with Crippen LogP contribution in [0.2, 0.25) is 0 Å². The molecule has 2 aromatic heterocycles. The Hall–Kier alpha value is -3.98. The van der Waals surface area contributed by atoms with Crippen molar-refractivity contribution in [2.45, 2.75) is 19.4 Å².